The van der Waals surface area contributed by atoms with Crippen LogP contribution in [0.4, 0.5) is 4.39 Å². The molecule has 22 heavy (non-hydrogen) atoms. The molecule has 0 atom stereocenters. The second kappa shape index (κ2) is 6.89. The minimum Gasteiger partial charge on any atom is -0.494 e. The van der Waals surface area contributed by atoms with Crippen LogP contribution in [0, 0.1) is 12.7 Å². The highest BCUT2D eigenvalue weighted by Crippen LogP contribution is 2.20. The van der Waals surface area contributed by atoms with Gasteiger partial charge in [-0.1, -0.05) is 24.3 Å². The standard InChI is InChI=1S/C16H18FNO3S/c1-3-21-15-7-5-4-6-13(15)11-18-22(19,20)16-10-14(17)9-8-12(16)2/h4-10,18H,3,11H2,1-2H3. The Morgan fingerprint density at radius 1 is 1.18 bits per heavy atom. The maximum Gasteiger partial charge on any atom is 0.241 e. The number of para-hydroxylation sites is 1. The molecule has 0 aromatic heterocycles. The SMILES string of the molecule is CCOc1ccccc1CNS(=O)(=O)c1cc(F)ccc1C. The van der Waals surface area contributed by atoms with Crippen LogP contribution in [0.5, 0.6) is 5.75 Å². The van der Waals surface area contributed by atoms with Crippen molar-refractivity contribution in [3.63, 3.8) is 0 Å². The van der Waals surface area contributed by atoms with E-state index in [-0.39, 0.29) is 11.4 Å². The first-order valence-electron chi connectivity index (χ1n) is 6.90. The van der Waals surface area contributed by atoms with Crippen LogP contribution in [-0.4, -0.2) is 15.0 Å². The van der Waals surface area contributed by atoms with Crippen LogP contribution in [0.1, 0.15) is 18.1 Å². The van der Waals surface area contributed by atoms with Crippen LogP contribution in [0.25, 0.3) is 0 Å². The fraction of sp³-hybridized carbons (Fsp3) is 0.250. The molecule has 0 bridgehead atoms. The number of rotatable bonds is 6. The largest absolute Gasteiger partial charge is 0.494 e. The molecule has 0 aliphatic rings. The number of benzene rings is 2. The summed E-state index contributed by atoms with van der Waals surface area (Å²) in [7, 11) is -3.79. The molecule has 0 heterocycles. The van der Waals surface area contributed by atoms with Gasteiger partial charge in [-0.25, -0.2) is 17.5 Å². The van der Waals surface area contributed by atoms with Crippen molar-refractivity contribution in [3.05, 3.63) is 59.4 Å². The Morgan fingerprint density at radius 2 is 1.91 bits per heavy atom. The summed E-state index contributed by atoms with van der Waals surface area (Å²) in [6.45, 7) is 4.06. The molecule has 0 spiro atoms. The number of hydrogen-bond donors (Lipinski definition) is 1. The maximum atomic E-state index is 13.3. The fourth-order valence-corrected chi connectivity index (χ4v) is 3.32. The van der Waals surface area contributed by atoms with E-state index in [1.54, 1.807) is 25.1 Å². The number of sulfonamides is 1. The molecule has 2 aromatic carbocycles. The summed E-state index contributed by atoms with van der Waals surface area (Å²) in [5.74, 6) is 0.0457. The Morgan fingerprint density at radius 3 is 2.64 bits per heavy atom. The molecule has 0 unspecified atom stereocenters. The van der Waals surface area contributed by atoms with Gasteiger partial charge in [0.05, 0.1) is 11.5 Å². The zero-order valence-electron chi connectivity index (χ0n) is 12.5. The van der Waals surface area contributed by atoms with Crippen molar-refractivity contribution in [3.8, 4) is 5.75 Å². The highest BCUT2D eigenvalue weighted by atomic mass is 32.2. The molecule has 118 valence electrons. The number of halogens is 1. The van der Waals surface area contributed by atoms with Gasteiger partial charge in [0.25, 0.3) is 0 Å². The molecule has 2 aromatic rings. The van der Waals surface area contributed by atoms with E-state index in [2.05, 4.69) is 4.72 Å². The summed E-state index contributed by atoms with van der Waals surface area (Å²) in [6.07, 6.45) is 0. The normalized spacial score (nSPS) is 11.4. The van der Waals surface area contributed by atoms with Crippen molar-refractivity contribution in [1.82, 2.24) is 4.72 Å². The van der Waals surface area contributed by atoms with Gasteiger partial charge < -0.3 is 4.74 Å². The predicted octanol–water partition coefficient (Wildman–Crippen LogP) is 3.01. The third-order valence-corrected chi connectivity index (χ3v) is 4.71. The van der Waals surface area contributed by atoms with E-state index in [9.17, 15) is 12.8 Å². The topological polar surface area (TPSA) is 55.4 Å². The second-order valence-corrected chi connectivity index (χ2v) is 6.51. The van der Waals surface area contributed by atoms with Gasteiger partial charge in [0.1, 0.15) is 11.6 Å². The molecule has 0 saturated carbocycles. The molecule has 4 nitrogen and oxygen atoms in total. The van der Waals surface area contributed by atoms with Crippen molar-refractivity contribution in [2.45, 2.75) is 25.3 Å². The summed E-state index contributed by atoms with van der Waals surface area (Å²) in [4.78, 5) is -0.0543. The van der Waals surface area contributed by atoms with Crippen LogP contribution in [0.3, 0.4) is 0 Å². The van der Waals surface area contributed by atoms with E-state index < -0.39 is 15.8 Å². The summed E-state index contributed by atoms with van der Waals surface area (Å²) in [5.41, 5.74) is 1.22. The minimum atomic E-state index is -3.79. The Kier molecular flexibility index (Phi) is 5.15. The van der Waals surface area contributed by atoms with Gasteiger partial charge in [0.2, 0.25) is 10.0 Å². The summed E-state index contributed by atoms with van der Waals surface area (Å²) in [5, 5.41) is 0. The number of hydrogen-bond acceptors (Lipinski definition) is 3. The van der Waals surface area contributed by atoms with Crippen molar-refractivity contribution < 1.29 is 17.5 Å². The summed E-state index contributed by atoms with van der Waals surface area (Å²) < 4.78 is 45.9. The molecule has 0 radical (unpaired) electrons. The van der Waals surface area contributed by atoms with E-state index in [0.29, 0.717) is 17.9 Å². The molecule has 0 aliphatic heterocycles. The van der Waals surface area contributed by atoms with Crippen LogP contribution in [0.15, 0.2) is 47.4 Å². The molecule has 0 aliphatic carbocycles. The van der Waals surface area contributed by atoms with Crippen LogP contribution in [0.2, 0.25) is 0 Å². The van der Waals surface area contributed by atoms with Crippen LogP contribution < -0.4 is 9.46 Å². The Labute approximate surface area is 130 Å². The zero-order chi connectivity index (χ0) is 16.2. The first kappa shape index (κ1) is 16.5. The Balaban J connectivity index is 2.22. The number of nitrogens with one attached hydrogen (secondary N) is 1. The monoisotopic (exact) mass is 323 g/mol. The molecular formula is C16H18FNO3S. The van der Waals surface area contributed by atoms with E-state index in [1.807, 2.05) is 13.0 Å². The van der Waals surface area contributed by atoms with Crippen molar-refractivity contribution in [1.29, 1.82) is 0 Å². The van der Waals surface area contributed by atoms with E-state index >= 15 is 0 Å². The average Bonchev–Trinajstić information content (AvgIpc) is 2.49. The van der Waals surface area contributed by atoms with Crippen LogP contribution in [-0.2, 0) is 16.6 Å². The highest BCUT2D eigenvalue weighted by Gasteiger charge is 2.18. The summed E-state index contributed by atoms with van der Waals surface area (Å²) >= 11 is 0. The van der Waals surface area contributed by atoms with E-state index in [1.165, 1.54) is 12.1 Å². The molecular weight excluding hydrogens is 305 g/mol. The lowest BCUT2D eigenvalue weighted by Crippen LogP contribution is -2.24. The minimum absolute atomic E-state index is 0.0543. The lowest BCUT2D eigenvalue weighted by atomic mass is 10.2. The average molecular weight is 323 g/mol. The highest BCUT2D eigenvalue weighted by molar-refractivity contribution is 7.89. The summed E-state index contributed by atoms with van der Waals surface area (Å²) in [6, 6.07) is 10.9. The van der Waals surface area contributed by atoms with Gasteiger partial charge in [-0.2, -0.15) is 0 Å². The van der Waals surface area contributed by atoms with Crippen molar-refractivity contribution in [2.75, 3.05) is 6.61 Å². The van der Waals surface area contributed by atoms with Crippen molar-refractivity contribution in [2.24, 2.45) is 0 Å². The predicted molar refractivity (Wildman–Crippen MR) is 82.8 cm³/mol. The number of ether oxygens (including phenoxy) is 1. The molecule has 6 heteroatoms. The quantitative estimate of drug-likeness (QED) is 0.889. The van der Waals surface area contributed by atoms with Gasteiger partial charge in [0.15, 0.2) is 0 Å². The van der Waals surface area contributed by atoms with Gasteiger partial charge >= 0.3 is 0 Å². The Bertz CT molecular complexity index is 760. The first-order chi connectivity index (χ1) is 10.4. The second-order valence-electron chi connectivity index (χ2n) is 4.78. The van der Waals surface area contributed by atoms with Gasteiger partial charge in [-0.05, 0) is 37.6 Å². The van der Waals surface area contributed by atoms with E-state index in [4.69, 9.17) is 4.74 Å². The smallest absolute Gasteiger partial charge is 0.241 e. The molecule has 0 saturated heterocycles. The maximum absolute atomic E-state index is 13.3. The molecule has 2 rings (SSSR count). The Hall–Kier alpha value is -1.92. The zero-order valence-corrected chi connectivity index (χ0v) is 13.3. The van der Waals surface area contributed by atoms with Gasteiger partial charge in [-0.3, -0.25) is 0 Å². The lowest BCUT2D eigenvalue weighted by molar-refractivity contribution is 0.336. The fourth-order valence-electron chi connectivity index (χ4n) is 2.06. The molecule has 1 N–H and O–H groups in total. The molecule has 0 fully saturated rings. The molecule has 0 amide bonds. The van der Waals surface area contributed by atoms with Gasteiger partial charge in [0, 0.05) is 12.1 Å². The van der Waals surface area contributed by atoms with Crippen molar-refractivity contribution >= 4 is 10.0 Å². The van der Waals surface area contributed by atoms with E-state index in [0.717, 1.165) is 11.6 Å². The van der Waals surface area contributed by atoms with Gasteiger partial charge in [-0.15, -0.1) is 0 Å². The lowest BCUT2D eigenvalue weighted by Gasteiger charge is -2.12. The van der Waals surface area contributed by atoms with Crippen LogP contribution >= 0.6 is 0 Å². The first-order valence-corrected chi connectivity index (χ1v) is 8.39. The third kappa shape index (κ3) is 3.84. The number of aryl methyl sites for hydroxylation is 1. The third-order valence-electron chi connectivity index (χ3n) is 3.16.